The number of hydrogen-bond donors (Lipinski definition) is 0. The molecule has 0 aliphatic rings. The van der Waals surface area contributed by atoms with Gasteiger partial charge in [-0.15, -0.1) is 10.2 Å². The fourth-order valence-electron chi connectivity index (χ4n) is 0.926. The number of hydrogen-bond acceptors (Lipinski definition) is 3. The summed E-state index contributed by atoms with van der Waals surface area (Å²) in [5, 5.41) is 7.99. The molecule has 2 heterocycles. The predicted molar refractivity (Wildman–Crippen MR) is 60.1 cm³/mol. The zero-order valence-corrected chi connectivity index (χ0v) is 10.6. The highest BCUT2D eigenvalue weighted by molar-refractivity contribution is 9.10. The second kappa shape index (κ2) is 4.00. The summed E-state index contributed by atoms with van der Waals surface area (Å²) in [6.07, 6.45) is 0. The van der Waals surface area contributed by atoms with Crippen LogP contribution >= 0.6 is 43.5 Å². The van der Waals surface area contributed by atoms with E-state index in [1.807, 2.05) is 0 Å². The van der Waals surface area contributed by atoms with E-state index in [9.17, 15) is 0 Å². The molecule has 14 heavy (non-hydrogen) atoms. The van der Waals surface area contributed by atoms with Crippen LogP contribution in [0, 0.1) is 0 Å². The molecule has 6 heteroatoms. The van der Waals surface area contributed by atoms with Gasteiger partial charge < -0.3 is 4.42 Å². The van der Waals surface area contributed by atoms with Crippen molar-refractivity contribution in [2.24, 2.45) is 0 Å². The molecule has 0 fully saturated rings. The Bertz CT molecular complexity index is 472. The molecule has 72 valence electrons. The Kier molecular flexibility index (Phi) is 2.90. The molecule has 0 atom stereocenters. The van der Waals surface area contributed by atoms with E-state index in [4.69, 9.17) is 16.0 Å². The molecule has 0 spiro atoms. The highest BCUT2D eigenvalue weighted by Gasteiger charge is 2.08. The van der Waals surface area contributed by atoms with Crippen molar-refractivity contribution in [2.45, 2.75) is 0 Å². The third kappa shape index (κ3) is 1.99. The minimum absolute atomic E-state index is 0.333. The zero-order chi connectivity index (χ0) is 10.1. The standard InChI is InChI=1S/C8H3Br2ClN2O/c9-4-3-5(12-13-8(4)11)6-1-2-7(10)14-6/h1-3H. The van der Waals surface area contributed by atoms with Gasteiger partial charge in [-0.05, 0) is 50.1 Å². The van der Waals surface area contributed by atoms with Gasteiger partial charge in [0, 0.05) is 0 Å². The van der Waals surface area contributed by atoms with Crippen LogP contribution in [0.1, 0.15) is 0 Å². The first kappa shape index (κ1) is 10.1. The van der Waals surface area contributed by atoms with Gasteiger partial charge in [-0.1, -0.05) is 11.6 Å². The first-order valence-corrected chi connectivity index (χ1v) is 5.57. The SMILES string of the molecule is Clc1nnc(-c2ccc(Br)o2)cc1Br. The van der Waals surface area contributed by atoms with Gasteiger partial charge in [-0.25, -0.2) is 0 Å². The van der Waals surface area contributed by atoms with Crippen molar-refractivity contribution in [3.05, 3.63) is 32.5 Å². The minimum Gasteiger partial charge on any atom is -0.448 e. The Labute approximate surface area is 102 Å². The van der Waals surface area contributed by atoms with Gasteiger partial charge in [-0.3, -0.25) is 0 Å². The fraction of sp³-hybridized carbons (Fsp3) is 0. The highest BCUT2D eigenvalue weighted by atomic mass is 79.9. The van der Waals surface area contributed by atoms with Gasteiger partial charge in [0.15, 0.2) is 15.6 Å². The van der Waals surface area contributed by atoms with E-state index in [1.54, 1.807) is 18.2 Å². The molecule has 2 aromatic heterocycles. The number of rotatable bonds is 1. The molecule has 0 saturated carbocycles. The number of nitrogens with zero attached hydrogens (tertiary/aromatic N) is 2. The Morgan fingerprint density at radius 1 is 1.21 bits per heavy atom. The zero-order valence-electron chi connectivity index (χ0n) is 6.67. The fourth-order valence-corrected chi connectivity index (χ4v) is 1.62. The van der Waals surface area contributed by atoms with Crippen LogP contribution in [0.5, 0.6) is 0 Å². The van der Waals surface area contributed by atoms with Crippen LogP contribution < -0.4 is 0 Å². The lowest BCUT2D eigenvalue weighted by atomic mass is 10.3. The maximum Gasteiger partial charge on any atom is 0.169 e. The van der Waals surface area contributed by atoms with Crippen molar-refractivity contribution in [1.29, 1.82) is 0 Å². The minimum atomic E-state index is 0.333. The van der Waals surface area contributed by atoms with Crippen LogP contribution in [-0.4, -0.2) is 10.2 Å². The predicted octanol–water partition coefficient (Wildman–Crippen LogP) is 3.92. The van der Waals surface area contributed by atoms with Crippen LogP contribution in [0.2, 0.25) is 5.15 Å². The Balaban J connectivity index is 2.47. The number of halogens is 3. The lowest BCUT2D eigenvalue weighted by molar-refractivity contribution is 0.552. The normalized spacial score (nSPS) is 10.5. The lowest BCUT2D eigenvalue weighted by Gasteiger charge is -1.96. The third-order valence-electron chi connectivity index (χ3n) is 1.53. The van der Waals surface area contributed by atoms with Gasteiger partial charge in [-0.2, -0.15) is 0 Å². The lowest BCUT2D eigenvalue weighted by Crippen LogP contribution is -1.87. The van der Waals surface area contributed by atoms with E-state index in [2.05, 4.69) is 42.1 Å². The molecule has 2 rings (SSSR count). The summed E-state index contributed by atoms with van der Waals surface area (Å²) in [4.78, 5) is 0. The number of furan rings is 1. The smallest absolute Gasteiger partial charge is 0.169 e. The molecule has 0 N–H and O–H groups in total. The molecule has 0 saturated heterocycles. The average Bonchev–Trinajstić information content (AvgIpc) is 2.57. The van der Waals surface area contributed by atoms with Gasteiger partial charge in [0.05, 0.1) is 4.47 Å². The van der Waals surface area contributed by atoms with Crippen LogP contribution in [-0.2, 0) is 0 Å². The average molecular weight is 338 g/mol. The molecule has 0 unspecified atom stereocenters. The Morgan fingerprint density at radius 2 is 2.00 bits per heavy atom. The van der Waals surface area contributed by atoms with Crippen LogP contribution in [0.15, 0.2) is 31.8 Å². The summed E-state index contributed by atoms with van der Waals surface area (Å²) in [5.74, 6) is 0.641. The van der Waals surface area contributed by atoms with E-state index in [0.29, 0.717) is 25.7 Å². The van der Waals surface area contributed by atoms with Crippen molar-refractivity contribution in [3.8, 4) is 11.5 Å². The van der Waals surface area contributed by atoms with Crippen molar-refractivity contribution in [3.63, 3.8) is 0 Å². The molecular formula is C8H3Br2ClN2O. The highest BCUT2D eigenvalue weighted by Crippen LogP contribution is 2.27. The molecule has 0 amide bonds. The molecule has 0 aliphatic heterocycles. The van der Waals surface area contributed by atoms with Gasteiger partial charge in [0.1, 0.15) is 5.69 Å². The molecule has 2 aromatic rings. The van der Waals surface area contributed by atoms with Crippen LogP contribution in [0.3, 0.4) is 0 Å². The van der Waals surface area contributed by atoms with E-state index in [-0.39, 0.29) is 0 Å². The Hall–Kier alpha value is -0.390. The molecule has 0 aromatic carbocycles. The molecule has 0 radical (unpaired) electrons. The van der Waals surface area contributed by atoms with Crippen LogP contribution in [0.25, 0.3) is 11.5 Å². The van der Waals surface area contributed by atoms with Crippen LogP contribution in [0.4, 0.5) is 0 Å². The summed E-state index contributed by atoms with van der Waals surface area (Å²) in [7, 11) is 0. The molecule has 0 aliphatic carbocycles. The van der Waals surface area contributed by atoms with Crippen molar-refractivity contribution >= 4 is 43.5 Å². The van der Waals surface area contributed by atoms with Gasteiger partial charge in [0.2, 0.25) is 0 Å². The summed E-state index contributed by atoms with van der Waals surface area (Å²) < 4.78 is 6.66. The topological polar surface area (TPSA) is 38.9 Å². The summed E-state index contributed by atoms with van der Waals surface area (Å²) in [6, 6.07) is 5.34. The molecular weight excluding hydrogens is 335 g/mol. The molecule has 0 bridgehead atoms. The van der Waals surface area contributed by atoms with Gasteiger partial charge in [0.25, 0.3) is 0 Å². The summed E-state index contributed by atoms with van der Waals surface area (Å²) in [5.41, 5.74) is 0.631. The maximum atomic E-state index is 5.71. The monoisotopic (exact) mass is 336 g/mol. The third-order valence-corrected chi connectivity index (χ3v) is 3.07. The first-order chi connectivity index (χ1) is 6.66. The Morgan fingerprint density at radius 3 is 2.57 bits per heavy atom. The van der Waals surface area contributed by atoms with Crippen molar-refractivity contribution < 1.29 is 4.42 Å². The van der Waals surface area contributed by atoms with E-state index < -0.39 is 0 Å². The molecule has 3 nitrogen and oxygen atoms in total. The maximum absolute atomic E-state index is 5.71. The summed E-state index contributed by atoms with van der Waals surface area (Å²) in [6.45, 7) is 0. The largest absolute Gasteiger partial charge is 0.448 e. The van der Waals surface area contributed by atoms with Crippen molar-refractivity contribution in [1.82, 2.24) is 10.2 Å². The van der Waals surface area contributed by atoms with E-state index in [1.165, 1.54) is 0 Å². The number of aromatic nitrogens is 2. The van der Waals surface area contributed by atoms with E-state index >= 15 is 0 Å². The van der Waals surface area contributed by atoms with E-state index in [0.717, 1.165) is 0 Å². The van der Waals surface area contributed by atoms with Gasteiger partial charge >= 0.3 is 0 Å². The second-order valence-electron chi connectivity index (χ2n) is 2.47. The quantitative estimate of drug-likeness (QED) is 0.791. The first-order valence-electron chi connectivity index (χ1n) is 3.61. The van der Waals surface area contributed by atoms with Crippen molar-refractivity contribution in [2.75, 3.05) is 0 Å². The second-order valence-corrected chi connectivity index (χ2v) is 4.47. The summed E-state index contributed by atoms with van der Waals surface area (Å²) >= 11 is 12.2.